The number of carbonyl (C=O) groups excluding carboxylic acids is 2. The number of aldehydes is 1. The summed E-state index contributed by atoms with van der Waals surface area (Å²) in [5.41, 5.74) is 0.436. The van der Waals surface area contributed by atoms with E-state index in [-0.39, 0.29) is 12.5 Å². The van der Waals surface area contributed by atoms with Crippen LogP contribution in [-0.2, 0) is 4.79 Å². The fourth-order valence-corrected chi connectivity index (χ4v) is 2.55. The van der Waals surface area contributed by atoms with E-state index >= 15 is 0 Å². The average Bonchev–Trinajstić information content (AvgIpc) is 2.46. The minimum absolute atomic E-state index is 0.0484. The van der Waals surface area contributed by atoms with Crippen LogP contribution in [0.1, 0.15) is 10.4 Å². The van der Waals surface area contributed by atoms with Gasteiger partial charge in [-0.3, -0.25) is 9.59 Å². The fourth-order valence-electron chi connectivity index (χ4n) is 2.05. The number of nitrogens with zero attached hydrogens (tertiary/aromatic N) is 2. The van der Waals surface area contributed by atoms with Crippen LogP contribution in [0.2, 0.25) is 0 Å². The molecule has 108 valence electrons. The zero-order valence-electron chi connectivity index (χ0n) is 11.3. The summed E-state index contributed by atoms with van der Waals surface area (Å²) in [5, 5.41) is 0. The van der Waals surface area contributed by atoms with E-state index in [4.69, 9.17) is 4.74 Å². The number of rotatable bonds is 4. The van der Waals surface area contributed by atoms with Gasteiger partial charge in [0.2, 0.25) is 0 Å². The van der Waals surface area contributed by atoms with Crippen LogP contribution >= 0.6 is 15.9 Å². The second-order valence-corrected chi connectivity index (χ2v) is 5.60. The number of ether oxygens (including phenoxy) is 1. The average molecular weight is 341 g/mol. The van der Waals surface area contributed by atoms with Gasteiger partial charge in [0.1, 0.15) is 5.75 Å². The first-order chi connectivity index (χ1) is 9.61. The van der Waals surface area contributed by atoms with Crippen molar-refractivity contribution in [2.24, 2.45) is 0 Å². The van der Waals surface area contributed by atoms with Crippen LogP contribution in [0, 0.1) is 0 Å². The molecule has 5 nitrogen and oxygen atoms in total. The van der Waals surface area contributed by atoms with Crippen LogP contribution < -0.4 is 4.74 Å². The summed E-state index contributed by atoms with van der Waals surface area (Å²) in [4.78, 5) is 27.0. The van der Waals surface area contributed by atoms with Crippen LogP contribution in [-0.4, -0.2) is 61.8 Å². The lowest BCUT2D eigenvalue weighted by atomic mass is 10.2. The van der Waals surface area contributed by atoms with Crippen molar-refractivity contribution in [2.75, 3.05) is 39.8 Å². The van der Waals surface area contributed by atoms with Gasteiger partial charge in [0.05, 0.1) is 10.0 Å². The molecule has 0 N–H and O–H groups in total. The molecule has 0 aliphatic carbocycles. The van der Waals surface area contributed by atoms with Gasteiger partial charge < -0.3 is 14.5 Å². The Hall–Kier alpha value is -1.40. The van der Waals surface area contributed by atoms with E-state index < -0.39 is 0 Å². The fraction of sp³-hybridized carbons (Fsp3) is 0.429. The second kappa shape index (κ2) is 6.85. The molecule has 2 rings (SSSR count). The van der Waals surface area contributed by atoms with Crippen molar-refractivity contribution in [1.29, 1.82) is 0 Å². The lowest BCUT2D eigenvalue weighted by Gasteiger charge is -2.32. The lowest BCUT2D eigenvalue weighted by Crippen LogP contribution is -2.48. The molecule has 1 saturated heterocycles. The first kappa shape index (κ1) is 15.0. The molecule has 0 saturated carbocycles. The number of halogens is 1. The highest BCUT2D eigenvalue weighted by Crippen LogP contribution is 2.27. The Morgan fingerprint density at radius 3 is 2.70 bits per heavy atom. The highest BCUT2D eigenvalue weighted by atomic mass is 79.9. The number of carbonyl (C=O) groups is 2. The van der Waals surface area contributed by atoms with Crippen molar-refractivity contribution in [3.63, 3.8) is 0 Å². The third-order valence-corrected chi connectivity index (χ3v) is 3.94. The van der Waals surface area contributed by atoms with Gasteiger partial charge >= 0.3 is 0 Å². The molecule has 1 fully saturated rings. The summed E-state index contributed by atoms with van der Waals surface area (Å²) in [6.45, 7) is 3.14. The predicted molar refractivity (Wildman–Crippen MR) is 79.1 cm³/mol. The summed E-state index contributed by atoms with van der Waals surface area (Å²) < 4.78 is 6.19. The molecule has 0 radical (unpaired) electrons. The largest absolute Gasteiger partial charge is 0.482 e. The maximum Gasteiger partial charge on any atom is 0.260 e. The van der Waals surface area contributed by atoms with E-state index in [1.165, 1.54) is 0 Å². The van der Waals surface area contributed by atoms with Crippen molar-refractivity contribution < 1.29 is 14.3 Å². The van der Waals surface area contributed by atoms with Crippen molar-refractivity contribution >= 4 is 28.1 Å². The third-order valence-electron chi connectivity index (χ3n) is 3.32. The number of amides is 1. The summed E-state index contributed by atoms with van der Waals surface area (Å²) in [5.74, 6) is 0.371. The molecule has 1 aromatic rings. The van der Waals surface area contributed by atoms with E-state index in [2.05, 4.69) is 20.8 Å². The molecule has 0 atom stereocenters. The van der Waals surface area contributed by atoms with Crippen molar-refractivity contribution in [3.8, 4) is 5.75 Å². The zero-order chi connectivity index (χ0) is 14.5. The number of para-hydroxylation sites is 1. The Kier molecular flexibility index (Phi) is 5.14. The molecular weight excluding hydrogens is 324 g/mol. The maximum absolute atomic E-state index is 12.1. The molecular formula is C14H17BrN2O3. The van der Waals surface area contributed by atoms with Gasteiger partial charge in [-0.25, -0.2) is 0 Å². The van der Waals surface area contributed by atoms with Crippen LogP contribution in [0.15, 0.2) is 22.7 Å². The molecule has 1 amide bonds. The minimum atomic E-state index is -0.0503. The Morgan fingerprint density at radius 2 is 2.05 bits per heavy atom. The number of likely N-dealkylation sites (N-methyl/N-ethyl adjacent to an activating group) is 1. The normalized spacial score (nSPS) is 16.0. The predicted octanol–water partition coefficient (Wildman–Crippen LogP) is 1.41. The van der Waals surface area contributed by atoms with Gasteiger partial charge in [0, 0.05) is 26.2 Å². The molecule has 1 aromatic carbocycles. The molecule has 1 aliphatic heterocycles. The monoisotopic (exact) mass is 340 g/mol. The van der Waals surface area contributed by atoms with Crippen molar-refractivity contribution in [3.05, 3.63) is 28.2 Å². The summed E-state index contributed by atoms with van der Waals surface area (Å²) in [6.07, 6.45) is 0.723. The molecule has 6 heteroatoms. The Labute approximate surface area is 126 Å². The lowest BCUT2D eigenvalue weighted by molar-refractivity contribution is -0.134. The van der Waals surface area contributed by atoms with E-state index in [1.54, 1.807) is 23.1 Å². The second-order valence-electron chi connectivity index (χ2n) is 4.75. The van der Waals surface area contributed by atoms with E-state index in [1.807, 2.05) is 7.05 Å². The Balaban J connectivity index is 1.95. The van der Waals surface area contributed by atoms with Crippen LogP contribution in [0.5, 0.6) is 5.75 Å². The van der Waals surface area contributed by atoms with Crippen molar-refractivity contribution in [2.45, 2.75) is 0 Å². The van der Waals surface area contributed by atoms with Gasteiger partial charge in [-0.05, 0) is 35.1 Å². The zero-order valence-corrected chi connectivity index (χ0v) is 12.9. The Bertz CT molecular complexity index is 499. The standard InChI is InChI=1S/C14H17BrN2O3/c1-16-5-7-17(8-6-16)13(19)10-20-14-11(9-18)3-2-4-12(14)15/h2-4,9H,5-8,10H2,1H3. The summed E-state index contributed by atoms with van der Waals surface area (Å²) in [7, 11) is 2.04. The van der Waals surface area contributed by atoms with Gasteiger partial charge in [-0.2, -0.15) is 0 Å². The number of hydrogen-bond acceptors (Lipinski definition) is 4. The van der Waals surface area contributed by atoms with Gasteiger partial charge in [0.25, 0.3) is 5.91 Å². The smallest absolute Gasteiger partial charge is 0.260 e. The molecule has 0 spiro atoms. The Morgan fingerprint density at radius 1 is 1.35 bits per heavy atom. The highest BCUT2D eigenvalue weighted by molar-refractivity contribution is 9.10. The van der Waals surface area contributed by atoms with Gasteiger partial charge in [0.15, 0.2) is 12.9 Å². The van der Waals surface area contributed by atoms with E-state index in [0.29, 0.717) is 15.8 Å². The van der Waals surface area contributed by atoms with Gasteiger partial charge in [-0.15, -0.1) is 0 Å². The summed E-state index contributed by atoms with van der Waals surface area (Å²) in [6, 6.07) is 5.19. The topological polar surface area (TPSA) is 49.9 Å². The van der Waals surface area contributed by atoms with Crippen LogP contribution in [0.25, 0.3) is 0 Å². The summed E-state index contributed by atoms with van der Waals surface area (Å²) >= 11 is 3.33. The number of hydrogen-bond donors (Lipinski definition) is 0. The molecule has 20 heavy (non-hydrogen) atoms. The first-order valence-electron chi connectivity index (χ1n) is 6.44. The van der Waals surface area contributed by atoms with Crippen LogP contribution in [0.3, 0.4) is 0 Å². The maximum atomic E-state index is 12.1. The van der Waals surface area contributed by atoms with Crippen LogP contribution in [0.4, 0.5) is 0 Å². The molecule has 0 bridgehead atoms. The highest BCUT2D eigenvalue weighted by Gasteiger charge is 2.20. The first-order valence-corrected chi connectivity index (χ1v) is 7.24. The van der Waals surface area contributed by atoms with Gasteiger partial charge in [-0.1, -0.05) is 6.07 Å². The SMILES string of the molecule is CN1CCN(C(=O)COc2c(Br)cccc2C=O)CC1. The molecule has 0 aromatic heterocycles. The third kappa shape index (κ3) is 3.58. The number of benzene rings is 1. The minimum Gasteiger partial charge on any atom is -0.482 e. The number of piperazine rings is 1. The molecule has 1 aliphatic rings. The molecule has 0 unspecified atom stereocenters. The van der Waals surface area contributed by atoms with E-state index in [9.17, 15) is 9.59 Å². The molecule has 1 heterocycles. The van der Waals surface area contributed by atoms with E-state index in [0.717, 1.165) is 32.5 Å². The quantitative estimate of drug-likeness (QED) is 0.777. The van der Waals surface area contributed by atoms with Crippen molar-refractivity contribution in [1.82, 2.24) is 9.80 Å².